The molecule has 0 unspecified atom stereocenters. The number of carbonyl (C=O) groups excluding carboxylic acids is 1. The van der Waals surface area contributed by atoms with Crippen molar-refractivity contribution in [1.29, 1.82) is 0 Å². The smallest absolute Gasteiger partial charge is 0.234 e. The molecule has 0 atom stereocenters. The van der Waals surface area contributed by atoms with E-state index in [0.29, 0.717) is 5.92 Å². The second-order valence-electron chi connectivity index (χ2n) is 6.59. The van der Waals surface area contributed by atoms with Crippen LogP contribution in [0.2, 0.25) is 0 Å². The first-order valence-corrected chi connectivity index (χ1v) is 10.6. The van der Waals surface area contributed by atoms with E-state index in [2.05, 4.69) is 36.0 Å². The van der Waals surface area contributed by atoms with Gasteiger partial charge in [0.2, 0.25) is 5.91 Å². The highest BCUT2D eigenvalue weighted by molar-refractivity contribution is 9.10. The fourth-order valence-electron chi connectivity index (χ4n) is 2.85. The first-order chi connectivity index (χ1) is 13.1. The molecule has 1 amide bonds. The molecule has 1 saturated carbocycles. The number of para-hydroxylation sites is 1. The predicted molar refractivity (Wildman–Crippen MR) is 112 cm³/mol. The number of thioether (sulfide) groups is 1. The van der Waals surface area contributed by atoms with Crippen LogP contribution in [0.1, 0.15) is 30.1 Å². The van der Waals surface area contributed by atoms with Crippen molar-refractivity contribution >= 4 is 39.3 Å². The Morgan fingerprint density at radius 1 is 1.22 bits per heavy atom. The van der Waals surface area contributed by atoms with Gasteiger partial charge in [0, 0.05) is 21.8 Å². The molecule has 1 heterocycles. The number of carbonyl (C=O) groups is 1. The van der Waals surface area contributed by atoms with E-state index in [0.717, 1.165) is 45.2 Å². The van der Waals surface area contributed by atoms with Crippen LogP contribution < -0.4 is 5.32 Å². The van der Waals surface area contributed by atoms with E-state index in [-0.39, 0.29) is 11.7 Å². The van der Waals surface area contributed by atoms with Gasteiger partial charge in [-0.3, -0.25) is 9.36 Å². The van der Waals surface area contributed by atoms with Crippen molar-refractivity contribution in [3.8, 4) is 5.69 Å². The van der Waals surface area contributed by atoms with Gasteiger partial charge in [-0.1, -0.05) is 45.9 Å². The molecule has 138 valence electrons. The number of rotatable bonds is 6. The summed E-state index contributed by atoms with van der Waals surface area (Å²) in [7, 11) is 0. The second-order valence-corrected chi connectivity index (χ2v) is 8.38. The highest BCUT2D eigenvalue weighted by atomic mass is 79.9. The molecule has 0 radical (unpaired) electrons. The first kappa shape index (κ1) is 18.3. The monoisotopic (exact) mass is 442 g/mol. The number of hydrogen-bond donors (Lipinski definition) is 1. The molecule has 27 heavy (non-hydrogen) atoms. The zero-order chi connectivity index (χ0) is 18.8. The Bertz CT molecular complexity index is 969. The number of halogens is 1. The lowest BCUT2D eigenvalue weighted by atomic mass is 10.2. The standard InChI is InChI=1S/C20H19BrN4OS/c1-13-11-15(9-10-17(13)21)22-18(26)12-27-20-24-23-19(14-7-8-14)25(20)16-5-3-2-4-6-16/h2-6,9-11,14H,7-8,12H2,1H3,(H,22,26). The first-order valence-electron chi connectivity index (χ1n) is 8.81. The molecule has 1 N–H and O–H groups in total. The largest absolute Gasteiger partial charge is 0.325 e. The fraction of sp³-hybridized carbons (Fsp3) is 0.250. The van der Waals surface area contributed by atoms with Crippen molar-refractivity contribution in [3.05, 3.63) is 64.4 Å². The van der Waals surface area contributed by atoms with Crippen LogP contribution in [-0.4, -0.2) is 26.4 Å². The maximum absolute atomic E-state index is 12.4. The topological polar surface area (TPSA) is 59.8 Å². The summed E-state index contributed by atoms with van der Waals surface area (Å²) in [6.07, 6.45) is 2.30. The zero-order valence-electron chi connectivity index (χ0n) is 14.9. The zero-order valence-corrected chi connectivity index (χ0v) is 17.3. The van der Waals surface area contributed by atoms with Crippen molar-refractivity contribution in [3.63, 3.8) is 0 Å². The minimum absolute atomic E-state index is 0.0580. The number of hydrogen-bond acceptors (Lipinski definition) is 4. The van der Waals surface area contributed by atoms with Crippen molar-refractivity contribution in [2.45, 2.75) is 30.8 Å². The van der Waals surface area contributed by atoms with Crippen LogP contribution in [-0.2, 0) is 4.79 Å². The summed E-state index contributed by atoms with van der Waals surface area (Å²) in [4.78, 5) is 12.4. The summed E-state index contributed by atoms with van der Waals surface area (Å²) >= 11 is 4.88. The molecule has 1 aliphatic carbocycles. The number of nitrogens with one attached hydrogen (secondary N) is 1. The van der Waals surface area contributed by atoms with Gasteiger partial charge < -0.3 is 5.32 Å². The maximum Gasteiger partial charge on any atom is 0.234 e. The van der Waals surface area contributed by atoms with Crippen LogP contribution in [0.4, 0.5) is 5.69 Å². The minimum atomic E-state index is -0.0580. The van der Waals surface area contributed by atoms with Crippen molar-refractivity contribution < 1.29 is 4.79 Å². The molecular formula is C20H19BrN4OS. The molecule has 0 saturated heterocycles. The molecule has 1 fully saturated rings. The van der Waals surface area contributed by atoms with E-state index in [1.807, 2.05) is 55.5 Å². The van der Waals surface area contributed by atoms with Gasteiger partial charge in [-0.15, -0.1) is 10.2 Å². The Morgan fingerprint density at radius 2 is 2.00 bits per heavy atom. The summed E-state index contributed by atoms with van der Waals surface area (Å²) in [6, 6.07) is 15.9. The number of amides is 1. The van der Waals surface area contributed by atoms with Crippen LogP contribution in [0.15, 0.2) is 58.2 Å². The molecule has 0 aliphatic heterocycles. The molecule has 1 aliphatic rings. The predicted octanol–water partition coefficient (Wildman–Crippen LogP) is 4.95. The van der Waals surface area contributed by atoms with E-state index in [4.69, 9.17) is 0 Å². The lowest BCUT2D eigenvalue weighted by molar-refractivity contribution is -0.113. The number of aromatic nitrogens is 3. The Labute approximate surface area is 170 Å². The van der Waals surface area contributed by atoms with Crippen LogP contribution in [0.25, 0.3) is 5.69 Å². The van der Waals surface area contributed by atoms with Crippen LogP contribution >= 0.6 is 27.7 Å². The average molecular weight is 443 g/mol. The molecular weight excluding hydrogens is 424 g/mol. The molecule has 7 heteroatoms. The molecule has 5 nitrogen and oxygen atoms in total. The summed E-state index contributed by atoms with van der Waals surface area (Å²) in [6.45, 7) is 2.00. The van der Waals surface area contributed by atoms with E-state index in [9.17, 15) is 4.79 Å². The van der Waals surface area contributed by atoms with Gasteiger partial charge in [-0.2, -0.15) is 0 Å². The molecule has 1 aromatic heterocycles. The van der Waals surface area contributed by atoms with Gasteiger partial charge >= 0.3 is 0 Å². The third-order valence-corrected chi connectivity index (χ3v) is 6.21. The number of aryl methyl sites for hydroxylation is 1. The fourth-order valence-corrected chi connectivity index (χ4v) is 3.86. The highest BCUT2D eigenvalue weighted by Crippen LogP contribution is 2.41. The second kappa shape index (κ2) is 7.86. The van der Waals surface area contributed by atoms with Crippen molar-refractivity contribution in [2.75, 3.05) is 11.1 Å². The summed E-state index contributed by atoms with van der Waals surface area (Å²) < 4.78 is 3.11. The molecule has 0 spiro atoms. The van der Waals surface area contributed by atoms with Gasteiger partial charge in [0.1, 0.15) is 5.82 Å². The minimum Gasteiger partial charge on any atom is -0.325 e. The lowest BCUT2D eigenvalue weighted by Gasteiger charge is -2.10. The van der Waals surface area contributed by atoms with Gasteiger partial charge in [-0.05, 0) is 55.7 Å². The van der Waals surface area contributed by atoms with Gasteiger partial charge in [0.25, 0.3) is 0 Å². The summed E-state index contributed by atoms with van der Waals surface area (Å²) in [5, 5.41) is 12.4. The number of nitrogens with zero attached hydrogens (tertiary/aromatic N) is 3. The lowest BCUT2D eigenvalue weighted by Crippen LogP contribution is -2.14. The Balaban J connectivity index is 1.48. The maximum atomic E-state index is 12.4. The third kappa shape index (κ3) is 4.25. The van der Waals surface area contributed by atoms with Crippen LogP contribution in [0.5, 0.6) is 0 Å². The van der Waals surface area contributed by atoms with Gasteiger partial charge in [0.05, 0.1) is 5.75 Å². The quantitative estimate of drug-likeness (QED) is 0.548. The van der Waals surface area contributed by atoms with E-state index in [1.54, 1.807) is 0 Å². The molecule has 2 aromatic carbocycles. The van der Waals surface area contributed by atoms with E-state index < -0.39 is 0 Å². The molecule has 4 rings (SSSR count). The Morgan fingerprint density at radius 3 is 2.70 bits per heavy atom. The van der Waals surface area contributed by atoms with Crippen LogP contribution in [0.3, 0.4) is 0 Å². The Hall–Kier alpha value is -2.12. The third-order valence-electron chi connectivity index (χ3n) is 4.39. The van der Waals surface area contributed by atoms with Gasteiger partial charge in [0.15, 0.2) is 5.16 Å². The number of anilines is 1. The van der Waals surface area contributed by atoms with Crippen LogP contribution in [0, 0.1) is 6.92 Å². The highest BCUT2D eigenvalue weighted by Gasteiger charge is 2.31. The molecule has 3 aromatic rings. The Kier molecular flexibility index (Phi) is 5.31. The summed E-state index contributed by atoms with van der Waals surface area (Å²) in [5.41, 5.74) is 2.92. The normalized spacial score (nSPS) is 13.6. The molecule has 0 bridgehead atoms. The SMILES string of the molecule is Cc1cc(NC(=O)CSc2nnc(C3CC3)n2-c2ccccc2)ccc1Br. The summed E-state index contributed by atoms with van der Waals surface area (Å²) in [5.74, 6) is 1.70. The van der Waals surface area contributed by atoms with E-state index in [1.165, 1.54) is 11.8 Å². The van der Waals surface area contributed by atoms with E-state index >= 15 is 0 Å². The average Bonchev–Trinajstić information content (AvgIpc) is 3.43. The number of benzene rings is 2. The van der Waals surface area contributed by atoms with Crippen molar-refractivity contribution in [1.82, 2.24) is 14.8 Å². The van der Waals surface area contributed by atoms with Crippen molar-refractivity contribution in [2.24, 2.45) is 0 Å². The van der Waals surface area contributed by atoms with Gasteiger partial charge in [-0.25, -0.2) is 0 Å².